The van der Waals surface area contributed by atoms with Gasteiger partial charge >= 0.3 is 0 Å². The van der Waals surface area contributed by atoms with Crippen LogP contribution in [0.3, 0.4) is 0 Å². The van der Waals surface area contributed by atoms with Crippen LogP contribution in [0.4, 0.5) is 0 Å². The van der Waals surface area contributed by atoms with E-state index in [0.29, 0.717) is 6.04 Å². The first-order valence-electron chi connectivity index (χ1n) is 8.40. The molecule has 0 aromatic rings. The van der Waals surface area contributed by atoms with E-state index in [4.69, 9.17) is 0 Å². The molecule has 0 spiro atoms. The molecule has 0 saturated carbocycles. The molecule has 19 heavy (non-hydrogen) atoms. The highest BCUT2D eigenvalue weighted by molar-refractivity contribution is 4.78. The van der Waals surface area contributed by atoms with Gasteiger partial charge in [-0.15, -0.1) is 0 Å². The first kappa shape index (κ1) is 18.9. The second-order valence-corrected chi connectivity index (χ2v) is 6.86. The highest BCUT2D eigenvalue weighted by Gasteiger charge is 2.22. The van der Waals surface area contributed by atoms with E-state index >= 15 is 0 Å². The van der Waals surface area contributed by atoms with Crippen molar-refractivity contribution in [2.45, 2.75) is 98.6 Å². The zero-order valence-electron chi connectivity index (χ0n) is 14.6. The Labute approximate surface area is 122 Å². The van der Waals surface area contributed by atoms with Crippen LogP contribution in [0.2, 0.25) is 0 Å². The second-order valence-electron chi connectivity index (χ2n) is 6.86. The number of hydrazine groups is 1. The van der Waals surface area contributed by atoms with E-state index in [1.807, 2.05) is 0 Å². The normalized spacial score (nSPS) is 12.9. The molecular weight excluding hydrogens is 232 g/mol. The van der Waals surface area contributed by atoms with E-state index in [1.54, 1.807) is 0 Å². The summed E-state index contributed by atoms with van der Waals surface area (Å²) in [7, 11) is 0. The molecule has 0 bridgehead atoms. The van der Waals surface area contributed by atoms with Gasteiger partial charge in [-0.25, -0.2) is 10.4 Å². The van der Waals surface area contributed by atoms with Crippen molar-refractivity contribution in [2.24, 2.45) is 5.92 Å². The molecule has 0 aliphatic rings. The molecule has 0 unspecified atom stereocenters. The minimum Gasteiger partial charge on any atom is -0.249 e. The van der Waals surface area contributed by atoms with E-state index in [-0.39, 0.29) is 5.54 Å². The SMILES string of the molecule is CCCC(CCC)CCC(C)(C)NN(CC)C(C)C. The maximum atomic E-state index is 3.72. The third-order valence-corrected chi connectivity index (χ3v) is 3.98. The van der Waals surface area contributed by atoms with Crippen LogP contribution in [-0.4, -0.2) is 23.1 Å². The van der Waals surface area contributed by atoms with Gasteiger partial charge in [-0.05, 0) is 46.5 Å². The molecule has 2 heteroatoms. The molecular formula is C17H38N2. The first-order valence-corrected chi connectivity index (χ1v) is 8.40. The quantitative estimate of drug-likeness (QED) is 0.532. The van der Waals surface area contributed by atoms with Crippen molar-refractivity contribution < 1.29 is 0 Å². The molecule has 0 radical (unpaired) electrons. The molecule has 0 atom stereocenters. The summed E-state index contributed by atoms with van der Waals surface area (Å²) < 4.78 is 0. The Kier molecular flexibility index (Phi) is 9.72. The zero-order chi connectivity index (χ0) is 14.9. The number of nitrogens with zero attached hydrogens (tertiary/aromatic N) is 1. The van der Waals surface area contributed by atoms with Crippen molar-refractivity contribution in [2.75, 3.05) is 6.54 Å². The summed E-state index contributed by atoms with van der Waals surface area (Å²) in [6, 6.07) is 0.561. The predicted molar refractivity (Wildman–Crippen MR) is 87.3 cm³/mol. The molecule has 0 saturated heterocycles. The molecule has 0 fully saturated rings. The first-order chi connectivity index (χ1) is 8.86. The fourth-order valence-corrected chi connectivity index (χ4v) is 2.83. The van der Waals surface area contributed by atoms with Gasteiger partial charge in [0.25, 0.3) is 0 Å². The van der Waals surface area contributed by atoms with Gasteiger partial charge in [-0.1, -0.05) is 46.5 Å². The minimum absolute atomic E-state index is 0.208. The lowest BCUT2D eigenvalue weighted by Gasteiger charge is -2.37. The van der Waals surface area contributed by atoms with Crippen LogP contribution in [0.25, 0.3) is 0 Å². The fourth-order valence-electron chi connectivity index (χ4n) is 2.83. The summed E-state index contributed by atoms with van der Waals surface area (Å²) in [5, 5.41) is 2.36. The van der Waals surface area contributed by atoms with Crippen LogP contribution >= 0.6 is 0 Å². The fraction of sp³-hybridized carbons (Fsp3) is 1.00. The Morgan fingerprint density at radius 2 is 1.47 bits per heavy atom. The van der Waals surface area contributed by atoms with E-state index in [9.17, 15) is 0 Å². The average molecular weight is 271 g/mol. The Bertz CT molecular complexity index is 205. The lowest BCUT2D eigenvalue weighted by Crippen LogP contribution is -2.53. The molecule has 0 rings (SSSR count). The van der Waals surface area contributed by atoms with Crippen LogP contribution in [0.15, 0.2) is 0 Å². The summed E-state index contributed by atoms with van der Waals surface area (Å²) in [5.74, 6) is 0.921. The van der Waals surface area contributed by atoms with Crippen molar-refractivity contribution >= 4 is 0 Å². The summed E-state index contributed by atoms with van der Waals surface area (Å²) in [5.41, 5.74) is 3.92. The lowest BCUT2D eigenvalue weighted by atomic mass is 9.88. The maximum absolute atomic E-state index is 3.72. The van der Waals surface area contributed by atoms with Crippen LogP contribution < -0.4 is 5.43 Å². The Balaban J connectivity index is 4.25. The summed E-state index contributed by atoms with van der Waals surface area (Å²) in [6.45, 7) is 17.1. The monoisotopic (exact) mass is 270 g/mol. The number of hydrogen-bond donors (Lipinski definition) is 1. The average Bonchev–Trinajstić information content (AvgIpc) is 2.33. The van der Waals surface area contributed by atoms with E-state index in [0.717, 1.165) is 12.5 Å². The molecule has 1 N–H and O–H groups in total. The van der Waals surface area contributed by atoms with Crippen molar-refractivity contribution in [3.8, 4) is 0 Å². The highest BCUT2D eigenvalue weighted by Crippen LogP contribution is 2.24. The highest BCUT2D eigenvalue weighted by atomic mass is 15.5. The molecule has 0 aliphatic heterocycles. The van der Waals surface area contributed by atoms with Crippen LogP contribution in [0, 0.1) is 5.92 Å². The van der Waals surface area contributed by atoms with Crippen LogP contribution in [0.1, 0.15) is 87.0 Å². The van der Waals surface area contributed by atoms with Crippen molar-refractivity contribution in [3.05, 3.63) is 0 Å². The van der Waals surface area contributed by atoms with Gasteiger partial charge in [0.1, 0.15) is 0 Å². The summed E-state index contributed by atoms with van der Waals surface area (Å²) >= 11 is 0. The van der Waals surface area contributed by atoms with E-state index in [1.165, 1.54) is 38.5 Å². The molecule has 0 aromatic heterocycles. The van der Waals surface area contributed by atoms with Gasteiger partial charge < -0.3 is 0 Å². The Hall–Kier alpha value is -0.0800. The van der Waals surface area contributed by atoms with E-state index in [2.05, 4.69) is 58.9 Å². The van der Waals surface area contributed by atoms with Gasteiger partial charge in [-0.3, -0.25) is 0 Å². The number of rotatable bonds is 11. The molecule has 0 heterocycles. The van der Waals surface area contributed by atoms with Gasteiger partial charge in [0.2, 0.25) is 0 Å². The Morgan fingerprint density at radius 3 is 1.84 bits per heavy atom. The van der Waals surface area contributed by atoms with Gasteiger partial charge in [-0.2, -0.15) is 0 Å². The predicted octanol–water partition coefficient (Wildman–Crippen LogP) is 5.00. The standard InChI is InChI=1S/C17H38N2/c1-8-11-16(12-9-2)13-14-17(6,7)18-19(10-3)15(4)5/h15-16,18H,8-14H2,1-7H3. The molecule has 0 amide bonds. The van der Waals surface area contributed by atoms with Gasteiger partial charge in [0, 0.05) is 18.1 Å². The van der Waals surface area contributed by atoms with Crippen molar-refractivity contribution in [3.63, 3.8) is 0 Å². The summed E-state index contributed by atoms with van der Waals surface area (Å²) in [4.78, 5) is 0. The second kappa shape index (κ2) is 9.77. The largest absolute Gasteiger partial charge is 0.249 e. The molecule has 2 nitrogen and oxygen atoms in total. The zero-order valence-corrected chi connectivity index (χ0v) is 14.6. The lowest BCUT2D eigenvalue weighted by molar-refractivity contribution is 0.0830. The summed E-state index contributed by atoms with van der Waals surface area (Å²) in [6.07, 6.45) is 8.06. The minimum atomic E-state index is 0.208. The van der Waals surface area contributed by atoms with Crippen molar-refractivity contribution in [1.29, 1.82) is 0 Å². The van der Waals surface area contributed by atoms with Crippen LogP contribution in [0.5, 0.6) is 0 Å². The Morgan fingerprint density at radius 1 is 0.947 bits per heavy atom. The number of hydrogen-bond acceptors (Lipinski definition) is 2. The third-order valence-electron chi connectivity index (χ3n) is 3.98. The van der Waals surface area contributed by atoms with E-state index < -0.39 is 0 Å². The number of nitrogens with one attached hydrogen (secondary N) is 1. The van der Waals surface area contributed by atoms with Crippen molar-refractivity contribution in [1.82, 2.24) is 10.4 Å². The van der Waals surface area contributed by atoms with Gasteiger partial charge in [0.15, 0.2) is 0 Å². The molecule has 116 valence electrons. The topological polar surface area (TPSA) is 15.3 Å². The molecule has 0 aromatic carbocycles. The molecule has 0 aliphatic carbocycles. The smallest absolute Gasteiger partial charge is 0.0270 e. The maximum Gasteiger partial charge on any atom is 0.0270 e. The van der Waals surface area contributed by atoms with Gasteiger partial charge in [0.05, 0.1) is 0 Å². The third kappa shape index (κ3) is 8.65. The van der Waals surface area contributed by atoms with Crippen LogP contribution in [-0.2, 0) is 0 Å².